The van der Waals surface area contributed by atoms with E-state index in [2.05, 4.69) is 10.6 Å². The molecule has 0 aliphatic carbocycles. The lowest BCUT2D eigenvalue weighted by Gasteiger charge is -2.07. The molecule has 0 saturated carbocycles. The van der Waals surface area contributed by atoms with Crippen LogP contribution in [-0.2, 0) is 0 Å². The van der Waals surface area contributed by atoms with Gasteiger partial charge in [-0.1, -0.05) is 46.1 Å². The van der Waals surface area contributed by atoms with Gasteiger partial charge < -0.3 is 16.8 Å². The van der Waals surface area contributed by atoms with Crippen molar-refractivity contribution in [2.24, 2.45) is 11.5 Å². The van der Waals surface area contributed by atoms with E-state index in [-0.39, 0.29) is 36.2 Å². The van der Waals surface area contributed by atoms with Crippen LogP contribution in [0.25, 0.3) is 0 Å². The normalized spacial score (nSPS) is 10.3. The number of amides is 4. The summed E-state index contributed by atoms with van der Waals surface area (Å²) in [4.78, 5) is 34.6. The number of nitrogens with two attached hydrogens (primary N) is 2. The summed E-state index contributed by atoms with van der Waals surface area (Å²) in [5, 5.41) is 5.51. The van der Waals surface area contributed by atoms with E-state index in [1.807, 2.05) is 0 Å². The minimum atomic E-state index is -0.873. The summed E-state index contributed by atoms with van der Waals surface area (Å²) < 4.78 is 0. The highest BCUT2D eigenvalue weighted by Crippen LogP contribution is 2.34. The van der Waals surface area contributed by atoms with Gasteiger partial charge in [0.05, 0.1) is 26.2 Å². The quantitative estimate of drug-likeness (QED) is 0.579. The second-order valence-corrected chi connectivity index (χ2v) is 6.68. The van der Waals surface area contributed by atoms with Crippen molar-refractivity contribution >= 4 is 74.0 Å². The van der Waals surface area contributed by atoms with Crippen molar-refractivity contribution in [2.75, 3.05) is 10.6 Å². The van der Waals surface area contributed by atoms with Gasteiger partial charge in [-0.25, -0.2) is 4.79 Å². The molecular weight excluding hydrogens is 399 g/mol. The van der Waals surface area contributed by atoms with Crippen molar-refractivity contribution < 1.29 is 14.4 Å². The Morgan fingerprint density at radius 2 is 1.62 bits per heavy atom. The molecule has 11 heteroatoms. The number of nitrogens with one attached hydrogen (secondary N) is 2. The molecule has 1 aromatic carbocycles. The van der Waals surface area contributed by atoms with Crippen LogP contribution in [-0.4, -0.2) is 17.8 Å². The molecule has 0 spiro atoms. The summed E-state index contributed by atoms with van der Waals surface area (Å²) >= 11 is 18.6. The van der Waals surface area contributed by atoms with Gasteiger partial charge in [-0.2, -0.15) is 0 Å². The Hall–Kier alpha value is -2.00. The average Bonchev–Trinajstić information content (AvgIpc) is 2.84. The Kier molecular flexibility index (Phi) is 5.55. The lowest BCUT2D eigenvalue weighted by atomic mass is 10.2. The summed E-state index contributed by atoms with van der Waals surface area (Å²) in [5.41, 5.74) is 10.3. The van der Waals surface area contributed by atoms with Crippen molar-refractivity contribution in [3.63, 3.8) is 0 Å². The number of urea groups is 1. The number of anilines is 2. The number of rotatable bonds is 4. The minimum absolute atomic E-state index is 0.00400. The van der Waals surface area contributed by atoms with Gasteiger partial charge in [-0.15, -0.1) is 0 Å². The third-order valence-electron chi connectivity index (χ3n) is 2.71. The van der Waals surface area contributed by atoms with Crippen molar-refractivity contribution in [1.29, 1.82) is 0 Å². The first-order valence-electron chi connectivity index (χ1n) is 6.15. The van der Waals surface area contributed by atoms with E-state index >= 15 is 0 Å². The number of halogens is 3. The molecule has 0 aliphatic rings. The van der Waals surface area contributed by atoms with Crippen molar-refractivity contribution in [1.82, 2.24) is 0 Å². The van der Waals surface area contributed by atoms with Crippen molar-refractivity contribution in [3.8, 4) is 0 Å². The van der Waals surface area contributed by atoms with Gasteiger partial charge in [0, 0.05) is 5.02 Å². The van der Waals surface area contributed by atoms with Gasteiger partial charge in [0.2, 0.25) is 0 Å². The largest absolute Gasteiger partial charge is 0.366 e. The van der Waals surface area contributed by atoms with Crippen LogP contribution in [0.2, 0.25) is 15.1 Å². The molecule has 4 amide bonds. The van der Waals surface area contributed by atoms with E-state index in [1.165, 1.54) is 18.2 Å². The molecule has 0 unspecified atom stereocenters. The maximum Gasteiger partial charge on any atom is 0.317 e. The van der Waals surface area contributed by atoms with E-state index in [0.29, 0.717) is 0 Å². The maximum absolute atomic E-state index is 12.3. The molecule has 0 atom stereocenters. The summed E-state index contributed by atoms with van der Waals surface area (Å²) in [6.45, 7) is 0. The topological polar surface area (TPSA) is 127 Å². The summed E-state index contributed by atoms with van der Waals surface area (Å²) in [5.74, 6) is -1.40. The van der Waals surface area contributed by atoms with Crippen LogP contribution in [0.3, 0.4) is 0 Å². The molecule has 1 heterocycles. The second kappa shape index (κ2) is 7.27. The highest BCUT2D eigenvalue weighted by Gasteiger charge is 2.19. The monoisotopic (exact) mass is 406 g/mol. The Morgan fingerprint density at radius 1 is 0.958 bits per heavy atom. The molecule has 0 saturated heterocycles. The smallest absolute Gasteiger partial charge is 0.317 e. The molecular formula is C13H9Cl3N4O3S. The summed E-state index contributed by atoms with van der Waals surface area (Å²) in [6.07, 6.45) is 0. The molecule has 126 valence electrons. The van der Waals surface area contributed by atoms with E-state index < -0.39 is 17.8 Å². The van der Waals surface area contributed by atoms with Crippen molar-refractivity contribution in [3.05, 3.63) is 44.4 Å². The predicted octanol–water partition coefficient (Wildman–Crippen LogP) is 3.55. The SMILES string of the molecule is NC(=O)Nc1sc(NC(=O)c2cc(Cl)cc(Cl)c2Cl)cc1C(N)=O. The molecule has 2 aromatic rings. The molecule has 0 aliphatic heterocycles. The van der Waals surface area contributed by atoms with Crippen LogP contribution in [0.5, 0.6) is 0 Å². The third-order valence-corrected chi connectivity index (χ3v) is 4.69. The van der Waals surface area contributed by atoms with E-state index in [1.54, 1.807) is 0 Å². The van der Waals surface area contributed by atoms with Crippen LogP contribution in [0.1, 0.15) is 20.7 Å². The van der Waals surface area contributed by atoms with E-state index in [9.17, 15) is 14.4 Å². The van der Waals surface area contributed by atoms with Gasteiger partial charge in [0.25, 0.3) is 11.8 Å². The molecule has 24 heavy (non-hydrogen) atoms. The van der Waals surface area contributed by atoms with Crippen LogP contribution in [0.4, 0.5) is 14.8 Å². The fourth-order valence-electron chi connectivity index (χ4n) is 1.74. The molecule has 1 aromatic heterocycles. The third kappa shape index (κ3) is 4.09. The van der Waals surface area contributed by atoms with Crippen molar-refractivity contribution in [2.45, 2.75) is 0 Å². The molecule has 0 radical (unpaired) electrons. The fourth-order valence-corrected chi connectivity index (χ4v) is 3.39. The van der Waals surface area contributed by atoms with Gasteiger partial charge in [-0.3, -0.25) is 14.9 Å². The van der Waals surface area contributed by atoms with Crippen LogP contribution in [0, 0.1) is 0 Å². The summed E-state index contributed by atoms with van der Waals surface area (Å²) in [7, 11) is 0. The number of carbonyl (C=O) groups is 3. The number of primary amides is 2. The van der Waals surface area contributed by atoms with Gasteiger partial charge in [0.1, 0.15) is 5.00 Å². The highest BCUT2D eigenvalue weighted by atomic mass is 35.5. The minimum Gasteiger partial charge on any atom is -0.366 e. The zero-order valence-corrected chi connectivity index (χ0v) is 14.7. The Labute approximate surface area is 154 Å². The fraction of sp³-hybridized carbons (Fsp3) is 0. The molecule has 0 bridgehead atoms. The van der Waals surface area contributed by atoms with Gasteiger partial charge in [-0.05, 0) is 18.2 Å². The van der Waals surface area contributed by atoms with Crippen LogP contribution >= 0.6 is 46.1 Å². The first kappa shape index (κ1) is 18.3. The number of hydrogen-bond acceptors (Lipinski definition) is 4. The molecule has 0 fully saturated rings. The number of benzene rings is 1. The molecule has 2 rings (SSSR count). The Morgan fingerprint density at radius 3 is 2.21 bits per heavy atom. The predicted molar refractivity (Wildman–Crippen MR) is 95.5 cm³/mol. The standard InChI is InChI=1S/C13H9Cl3N4O3S/c14-4-1-5(9(16)7(15)2-4)11(22)19-8-3-6(10(17)21)12(24-8)20-13(18)23/h1-3H,(H2,17,21)(H,19,22)(H3,18,20,23). The molecule has 6 N–H and O–H groups in total. The Balaban J connectivity index is 2.33. The second-order valence-electron chi connectivity index (χ2n) is 4.41. The first-order chi connectivity index (χ1) is 11.2. The first-order valence-corrected chi connectivity index (χ1v) is 8.10. The zero-order chi connectivity index (χ0) is 18.0. The van der Waals surface area contributed by atoms with Crippen LogP contribution < -0.4 is 22.1 Å². The van der Waals surface area contributed by atoms with Crippen LogP contribution in [0.15, 0.2) is 18.2 Å². The van der Waals surface area contributed by atoms with Gasteiger partial charge in [0.15, 0.2) is 0 Å². The van der Waals surface area contributed by atoms with E-state index in [4.69, 9.17) is 46.3 Å². The lowest BCUT2D eigenvalue weighted by Crippen LogP contribution is -2.21. The average molecular weight is 408 g/mol. The maximum atomic E-state index is 12.3. The zero-order valence-electron chi connectivity index (χ0n) is 11.7. The van der Waals surface area contributed by atoms with E-state index in [0.717, 1.165) is 11.3 Å². The molecule has 7 nitrogen and oxygen atoms in total. The Bertz CT molecular complexity index is 853. The van der Waals surface area contributed by atoms with Gasteiger partial charge >= 0.3 is 6.03 Å². The number of thiophene rings is 1. The summed E-state index contributed by atoms with van der Waals surface area (Å²) in [6, 6.07) is 3.17. The number of carbonyl (C=O) groups excluding carboxylic acids is 3. The highest BCUT2D eigenvalue weighted by molar-refractivity contribution is 7.20. The number of hydrogen-bond donors (Lipinski definition) is 4. The lowest BCUT2D eigenvalue weighted by molar-refractivity contribution is 0.0997.